The molecule has 2 heteroatoms. The number of hydrogen-bond donors (Lipinski definition) is 0. The first-order chi connectivity index (χ1) is 9.81. The molecule has 3 aromatic carbocycles. The van der Waals surface area contributed by atoms with Gasteiger partial charge in [-0.25, -0.2) is 0 Å². The monoisotopic (exact) mass is 322 g/mol. The maximum atomic E-state index is 5.88. The van der Waals surface area contributed by atoms with Crippen LogP contribution in [0, 0.1) is 0 Å². The number of halogens is 1. The molecule has 0 fully saturated rings. The van der Waals surface area contributed by atoms with Crippen LogP contribution in [-0.2, 0) is 0 Å². The molecule has 1 heterocycles. The summed E-state index contributed by atoms with van der Waals surface area (Å²) in [5.74, 6) is 0. The van der Waals surface area contributed by atoms with Crippen molar-refractivity contribution >= 4 is 37.9 Å². The summed E-state index contributed by atoms with van der Waals surface area (Å²) in [7, 11) is 0. The van der Waals surface area contributed by atoms with Crippen LogP contribution in [0.25, 0.3) is 33.1 Å². The lowest BCUT2D eigenvalue weighted by Crippen LogP contribution is -1.76. The van der Waals surface area contributed by atoms with Crippen LogP contribution in [0.5, 0.6) is 0 Å². The van der Waals surface area contributed by atoms with Crippen LogP contribution in [0.2, 0.25) is 0 Å². The molecule has 0 aliphatic carbocycles. The highest BCUT2D eigenvalue weighted by molar-refractivity contribution is 9.10. The maximum absolute atomic E-state index is 5.88. The average molecular weight is 323 g/mol. The molecule has 0 aliphatic heterocycles. The van der Waals surface area contributed by atoms with Crippen LogP contribution in [0.4, 0.5) is 0 Å². The third-order valence-corrected chi connectivity index (χ3v) is 4.03. The second kappa shape index (κ2) is 4.50. The molecule has 0 N–H and O–H groups in total. The van der Waals surface area contributed by atoms with Crippen molar-refractivity contribution in [2.45, 2.75) is 0 Å². The maximum Gasteiger partial charge on any atom is 0.135 e. The van der Waals surface area contributed by atoms with Crippen molar-refractivity contribution in [3.8, 4) is 11.1 Å². The summed E-state index contributed by atoms with van der Waals surface area (Å²) in [4.78, 5) is 0. The van der Waals surface area contributed by atoms with Crippen molar-refractivity contribution in [2.75, 3.05) is 0 Å². The summed E-state index contributed by atoms with van der Waals surface area (Å²) in [5, 5.41) is 2.30. The van der Waals surface area contributed by atoms with E-state index in [-0.39, 0.29) is 0 Å². The highest BCUT2D eigenvalue weighted by Crippen LogP contribution is 2.33. The Morgan fingerprint density at radius 3 is 2.15 bits per heavy atom. The van der Waals surface area contributed by atoms with E-state index in [1.165, 1.54) is 11.1 Å². The average Bonchev–Trinajstić information content (AvgIpc) is 2.85. The molecule has 0 radical (unpaired) electrons. The van der Waals surface area contributed by atoms with Gasteiger partial charge >= 0.3 is 0 Å². The van der Waals surface area contributed by atoms with Crippen molar-refractivity contribution in [2.24, 2.45) is 0 Å². The number of fused-ring (bicyclic) bond motifs is 3. The van der Waals surface area contributed by atoms with Gasteiger partial charge in [0.15, 0.2) is 0 Å². The van der Waals surface area contributed by atoms with Crippen molar-refractivity contribution < 1.29 is 4.42 Å². The smallest absolute Gasteiger partial charge is 0.135 e. The highest BCUT2D eigenvalue weighted by atomic mass is 79.9. The third kappa shape index (κ3) is 1.84. The second-order valence-electron chi connectivity index (χ2n) is 4.82. The summed E-state index contributed by atoms with van der Waals surface area (Å²) in [6, 6.07) is 22.9. The molecule has 4 rings (SSSR count). The largest absolute Gasteiger partial charge is 0.456 e. The van der Waals surface area contributed by atoms with Gasteiger partial charge in [-0.05, 0) is 41.5 Å². The Balaban J connectivity index is 2.03. The SMILES string of the molecule is Brc1ccc2oc3ccc(-c4ccccc4)cc3c2c1. The van der Waals surface area contributed by atoms with E-state index in [1.807, 2.05) is 24.3 Å². The quantitative estimate of drug-likeness (QED) is 0.418. The van der Waals surface area contributed by atoms with Gasteiger partial charge in [-0.3, -0.25) is 0 Å². The number of benzene rings is 3. The molecule has 0 aliphatic rings. The Morgan fingerprint density at radius 2 is 1.35 bits per heavy atom. The van der Waals surface area contributed by atoms with Crippen LogP contribution in [-0.4, -0.2) is 0 Å². The molecule has 0 saturated carbocycles. The van der Waals surface area contributed by atoms with E-state index >= 15 is 0 Å². The lowest BCUT2D eigenvalue weighted by Gasteiger charge is -2.01. The molecular weight excluding hydrogens is 312 g/mol. The zero-order valence-corrected chi connectivity index (χ0v) is 12.2. The fourth-order valence-electron chi connectivity index (χ4n) is 2.56. The number of hydrogen-bond acceptors (Lipinski definition) is 1. The Kier molecular flexibility index (Phi) is 2.64. The van der Waals surface area contributed by atoms with E-state index in [9.17, 15) is 0 Å². The molecule has 0 atom stereocenters. The van der Waals surface area contributed by atoms with Gasteiger partial charge in [0.2, 0.25) is 0 Å². The topological polar surface area (TPSA) is 13.1 Å². The fraction of sp³-hybridized carbons (Fsp3) is 0. The molecule has 0 bridgehead atoms. The van der Waals surface area contributed by atoms with Crippen LogP contribution in [0.3, 0.4) is 0 Å². The van der Waals surface area contributed by atoms with E-state index in [0.29, 0.717) is 0 Å². The van der Waals surface area contributed by atoms with Gasteiger partial charge in [0.05, 0.1) is 0 Å². The second-order valence-corrected chi connectivity index (χ2v) is 5.74. The zero-order chi connectivity index (χ0) is 13.5. The van der Waals surface area contributed by atoms with E-state index in [2.05, 4.69) is 58.4 Å². The molecule has 0 amide bonds. The molecule has 1 aromatic heterocycles. The molecule has 0 saturated heterocycles. The fourth-order valence-corrected chi connectivity index (χ4v) is 2.92. The first kappa shape index (κ1) is 11.7. The molecular formula is C18H11BrO. The van der Waals surface area contributed by atoms with E-state index in [4.69, 9.17) is 4.42 Å². The highest BCUT2D eigenvalue weighted by Gasteiger charge is 2.08. The normalized spacial score (nSPS) is 11.2. The first-order valence-corrected chi connectivity index (χ1v) is 7.28. The minimum Gasteiger partial charge on any atom is -0.456 e. The van der Waals surface area contributed by atoms with Crippen LogP contribution in [0.15, 0.2) is 75.6 Å². The van der Waals surface area contributed by atoms with Gasteiger partial charge in [0, 0.05) is 15.2 Å². The van der Waals surface area contributed by atoms with Crippen molar-refractivity contribution in [1.82, 2.24) is 0 Å². The molecule has 0 unspecified atom stereocenters. The van der Waals surface area contributed by atoms with Gasteiger partial charge in [-0.2, -0.15) is 0 Å². The van der Waals surface area contributed by atoms with Crippen LogP contribution in [0.1, 0.15) is 0 Å². The van der Waals surface area contributed by atoms with Gasteiger partial charge < -0.3 is 4.42 Å². The van der Waals surface area contributed by atoms with Crippen molar-refractivity contribution in [1.29, 1.82) is 0 Å². The predicted octanol–water partition coefficient (Wildman–Crippen LogP) is 6.02. The van der Waals surface area contributed by atoms with Crippen LogP contribution >= 0.6 is 15.9 Å². The standard InChI is InChI=1S/C18H11BrO/c19-14-7-9-18-16(11-14)15-10-13(6-8-17(15)20-18)12-4-2-1-3-5-12/h1-11H. The van der Waals surface area contributed by atoms with E-state index in [1.54, 1.807) is 0 Å². The molecule has 96 valence electrons. The van der Waals surface area contributed by atoms with E-state index in [0.717, 1.165) is 26.4 Å². The van der Waals surface area contributed by atoms with Crippen molar-refractivity contribution in [3.05, 3.63) is 71.2 Å². The summed E-state index contributed by atoms with van der Waals surface area (Å²) >= 11 is 3.52. The Morgan fingerprint density at radius 1 is 0.650 bits per heavy atom. The molecule has 20 heavy (non-hydrogen) atoms. The molecule has 0 spiro atoms. The minimum absolute atomic E-state index is 0.924. The summed E-state index contributed by atoms with van der Waals surface area (Å²) < 4.78 is 6.94. The Bertz CT molecular complexity index is 907. The Hall–Kier alpha value is -2.06. The van der Waals surface area contributed by atoms with Gasteiger partial charge in [0.1, 0.15) is 11.2 Å². The molecule has 1 nitrogen and oxygen atoms in total. The summed E-state index contributed by atoms with van der Waals surface area (Å²) in [6.07, 6.45) is 0. The van der Waals surface area contributed by atoms with Gasteiger partial charge in [-0.15, -0.1) is 0 Å². The predicted molar refractivity (Wildman–Crippen MR) is 86.9 cm³/mol. The summed E-state index contributed by atoms with van der Waals surface area (Å²) in [5.41, 5.74) is 4.28. The lowest BCUT2D eigenvalue weighted by atomic mass is 10.0. The lowest BCUT2D eigenvalue weighted by molar-refractivity contribution is 0.669. The Labute approximate surface area is 125 Å². The first-order valence-electron chi connectivity index (χ1n) is 6.48. The van der Waals surface area contributed by atoms with Gasteiger partial charge in [0.25, 0.3) is 0 Å². The zero-order valence-electron chi connectivity index (χ0n) is 10.6. The number of furan rings is 1. The minimum atomic E-state index is 0.924. The molecule has 4 aromatic rings. The van der Waals surface area contributed by atoms with Crippen molar-refractivity contribution in [3.63, 3.8) is 0 Å². The summed E-state index contributed by atoms with van der Waals surface area (Å²) in [6.45, 7) is 0. The van der Waals surface area contributed by atoms with E-state index < -0.39 is 0 Å². The van der Waals surface area contributed by atoms with Crippen LogP contribution < -0.4 is 0 Å². The van der Waals surface area contributed by atoms with Gasteiger partial charge in [-0.1, -0.05) is 52.3 Å². The third-order valence-electron chi connectivity index (χ3n) is 3.54. The number of rotatable bonds is 1.